The van der Waals surface area contributed by atoms with Gasteiger partial charge in [-0.3, -0.25) is 5.43 Å². The lowest BCUT2D eigenvalue weighted by Crippen LogP contribution is -2.48. The van der Waals surface area contributed by atoms with Gasteiger partial charge in [0.1, 0.15) is 0 Å². The molecule has 0 saturated carbocycles. The minimum absolute atomic E-state index is 0.0474. The van der Waals surface area contributed by atoms with Gasteiger partial charge in [0, 0.05) is 18.9 Å². The molecule has 1 unspecified atom stereocenters. The van der Waals surface area contributed by atoms with E-state index in [2.05, 4.69) is 25.5 Å². The van der Waals surface area contributed by atoms with E-state index in [1.807, 2.05) is 4.90 Å². The Bertz CT molecular complexity index is 590. The van der Waals surface area contributed by atoms with Crippen LogP contribution in [0.3, 0.4) is 0 Å². The van der Waals surface area contributed by atoms with Crippen molar-refractivity contribution in [3.8, 4) is 5.95 Å². The minimum atomic E-state index is -0.197. The summed E-state index contributed by atoms with van der Waals surface area (Å²) in [5, 5.41) is 13.5. The molecule has 3 heterocycles. The van der Waals surface area contributed by atoms with Crippen molar-refractivity contribution in [1.82, 2.24) is 24.7 Å². The highest BCUT2D eigenvalue weighted by atomic mass is 16.5. The molecular formula is C11H16N8O2. The number of nitrogens with one attached hydrogen (secondary N) is 1. The fourth-order valence-corrected chi connectivity index (χ4v) is 2.11. The zero-order valence-corrected chi connectivity index (χ0v) is 11.3. The van der Waals surface area contributed by atoms with E-state index in [-0.39, 0.29) is 18.6 Å². The third-order valence-electron chi connectivity index (χ3n) is 3.15. The van der Waals surface area contributed by atoms with Gasteiger partial charge < -0.3 is 14.7 Å². The Balaban J connectivity index is 1.99. The molecule has 0 aromatic carbocycles. The molecule has 112 valence electrons. The zero-order valence-electron chi connectivity index (χ0n) is 11.3. The number of morpholine rings is 1. The Kier molecular flexibility index (Phi) is 3.90. The Morgan fingerprint density at radius 1 is 1.38 bits per heavy atom. The number of ether oxygens (including phenoxy) is 1. The summed E-state index contributed by atoms with van der Waals surface area (Å²) in [6.07, 6.45) is 3.35. The predicted octanol–water partition coefficient (Wildman–Crippen LogP) is -1.46. The second-order valence-electron chi connectivity index (χ2n) is 4.46. The van der Waals surface area contributed by atoms with Crippen LogP contribution in [0.25, 0.3) is 5.95 Å². The number of aliphatic hydroxyl groups excluding tert-OH is 1. The molecule has 1 saturated heterocycles. The number of hydrogen-bond acceptors (Lipinski definition) is 9. The van der Waals surface area contributed by atoms with Crippen molar-refractivity contribution >= 4 is 11.9 Å². The standard InChI is InChI=1S/C11H16N8O2/c12-17-9-14-10(18-4-5-21-7-8(18)6-20)16-11(15-9)19-3-1-2-13-19/h1-3,8,20H,4-7,12H2,(H,14,15,16,17). The highest BCUT2D eigenvalue weighted by molar-refractivity contribution is 5.40. The van der Waals surface area contributed by atoms with E-state index in [0.717, 1.165) is 0 Å². The average molecular weight is 292 g/mol. The van der Waals surface area contributed by atoms with Gasteiger partial charge in [-0.2, -0.15) is 20.1 Å². The van der Waals surface area contributed by atoms with Gasteiger partial charge in [0.15, 0.2) is 0 Å². The molecule has 1 aliphatic rings. The second kappa shape index (κ2) is 5.99. The van der Waals surface area contributed by atoms with Gasteiger partial charge in [0.25, 0.3) is 5.95 Å². The Labute approximate surface area is 120 Å². The van der Waals surface area contributed by atoms with Crippen LogP contribution in [-0.4, -0.2) is 62.2 Å². The lowest BCUT2D eigenvalue weighted by atomic mass is 10.2. The van der Waals surface area contributed by atoms with Crippen molar-refractivity contribution < 1.29 is 9.84 Å². The first kappa shape index (κ1) is 13.7. The lowest BCUT2D eigenvalue weighted by Gasteiger charge is -2.34. The molecule has 1 atom stereocenters. The van der Waals surface area contributed by atoms with Gasteiger partial charge in [0.2, 0.25) is 11.9 Å². The first-order valence-electron chi connectivity index (χ1n) is 6.50. The molecule has 21 heavy (non-hydrogen) atoms. The number of nitrogens with two attached hydrogens (primary N) is 1. The van der Waals surface area contributed by atoms with Gasteiger partial charge in [-0.15, -0.1) is 0 Å². The Morgan fingerprint density at radius 2 is 2.24 bits per heavy atom. The van der Waals surface area contributed by atoms with Crippen LogP contribution in [0.15, 0.2) is 18.5 Å². The van der Waals surface area contributed by atoms with E-state index in [1.54, 1.807) is 18.5 Å². The third-order valence-corrected chi connectivity index (χ3v) is 3.15. The van der Waals surface area contributed by atoms with Crippen molar-refractivity contribution in [2.45, 2.75) is 6.04 Å². The normalized spacial score (nSPS) is 18.8. The summed E-state index contributed by atoms with van der Waals surface area (Å²) in [5.41, 5.74) is 2.42. The fourth-order valence-electron chi connectivity index (χ4n) is 2.11. The maximum atomic E-state index is 9.45. The highest BCUT2D eigenvalue weighted by Crippen LogP contribution is 2.17. The molecule has 2 aromatic rings. The Morgan fingerprint density at radius 3 is 2.95 bits per heavy atom. The molecule has 3 rings (SSSR count). The highest BCUT2D eigenvalue weighted by Gasteiger charge is 2.25. The number of aliphatic hydroxyl groups is 1. The molecule has 2 aromatic heterocycles. The summed E-state index contributed by atoms with van der Waals surface area (Å²) in [5.74, 6) is 6.41. The van der Waals surface area contributed by atoms with Crippen LogP contribution in [0.5, 0.6) is 0 Å². The van der Waals surface area contributed by atoms with Crippen LogP contribution in [-0.2, 0) is 4.74 Å². The van der Waals surface area contributed by atoms with E-state index < -0.39 is 0 Å². The molecule has 0 amide bonds. The quantitative estimate of drug-likeness (QED) is 0.457. The third kappa shape index (κ3) is 2.77. The summed E-state index contributed by atoms with van der Waals surface area (Å²) in [7, 11) is 0. The van der Waals surface area contributed by atoms with Crippen LogP contribution in [0, 0.1) is 0 Å². The zero-order chi connectivity index (χ0) is 14.7. The van der Waals surface area contributed by atoms with E-state index in [4.69, 9.17) is 10.6 Å². The van der Waals surface area contributed by atoms with Gasteiger partial charge >= 0.3 is 0 Å². The molecule has 10 heteroatoms. The van der Waals surface area contributed by atoms with Crippen LogP contribution in [0.4, 0.5) is 11.9 Å². The van der Waals surface area contributed by atoms with Crippen molar-refractivity contribution in [3.63, 3.8) is 0 Å². The molecule has 1 fully saturated rings. The first-order chi connectivity index (χ1) is 10.3. The monoisotopic (exact) mass is 292 g/mol. The van der Waals surface area contributed by atoms with Gasteiger partial charge in [-0.1, -0.05) is 0 Å². The molecule has 10 nitrogen and oxygen atoms in total. The summed E-state index contributed by atoms with van der Waals surface area (Å²) in [4.78, 5) is 14.7. The number of nitrogens with zero attached hydrogens (tertiary/aromatic N) is 6. The van der Waals surface area contributed by atoms with Crippen LogP contribution < -0.4 is 16.2 Å². The molecule has 4 N–H and O–H groups in total. The lowest BCUT2D eigenvalue weighted by molar-refractivity contribution is 0.0718. The number of nitrogen functional groups attached to an aromatic ring is 1. The smallest absolute Gasteiger partial charge is 0.257 e. The molecular weight excluding hydrogens is 276 g/mol. The maximum Gasteiger partial charge on any atom is 0.257 e. The van der Waals surface area contributed by atoms with Crippen LogP contribution >= 0.6 is 0 Å². The topological polar surface area (TPSA) is 127 Å². The van der Waals surface area contributed by atoms with Crippen molar-refractivity contribution in [1.29, 1.82) is 0 Å². The summed E-state index contributed by atoms with van der Waals surface area (Å²) >= 11 is 0. The second-order valence-corrected chi connectivity index (χ2v) is 4.46. The van der Waals surface area contributed by atoms with Gasteiger partial charge in [-0.25, -0.2) is 10.5 Å². The predicted molar refractivity (Wildman–Crippen MR) is 73.8 cm³/mol. The van der Waals surface area contributed by atoms with E-state index >= 15 is 0 Å². The number of hydrogen-bond donors (Lipinski definition) is 3. The molecule has 0 radical (unpaired) electrons. The SMILES string of the molecule is NNc1nc(N2CCOCC2CO)nc(-n2cccn2)n1. The number of aromatic nitrogens is 5. The van der Waals surface area contributed by atoms with Crippen LogP contribution in [0.2, 0.25) is 0 Å². The van der Waals surface area contributed by atoms with Crippen molar-refractivity contribution in [2.75, 3.05) is 36.7 Å². The Hall–Kier alpha value is -2.30. The van der Waals surface area contributed by atoms with E-state index in [9.17, 15) is 5.11 Å². The minimum Gasteiger partial charge on any atom is -0.394 e. The average Bonchev–Trinajstić information content (AvgIpc) is 3.09. The fraction of sp³-hybridized carbons (Fsp3) is 0.455. The molecule has 0 spiro atoms. The van der Waals surface area contributed by atoms with E-state index in [1.165, 1.54) is 4.68 Å². The van der Waals surface area contributed by atoms with Crippen LogP contribution in [0.1, 0.15) is 0 Å². The summed E-state index contributed by atoms with van der Waals surface area (Å²) < 4.78 is 6.87. The molecule has 0 bridgehead atoms. The van der Waals surface area contributed by atoms with Crippen molar-refractivity contribution in [2.24, 2.45) is 5.84 Å². The van der Waals surface area contributed by atoms with E-state index in [0.29, 0.717) is 31.7 Å². The number of anilines is 2. The number of hydrazine groups is 1. The number of rotatable bonds is 4. The summed E-state index contributed by atoms with van der Waals surface area (Å²) in [6, 6.07) is 1.57. The first-order valence-corrected chi connectivity index (χ1v) is 6.50. The maximum absolute atomic E-state index is 9.45. The van der Waals surface area contributed by atoms with Crippen molar-refractivity contribution in [3.05, 3.63) is 18.5 Å². The van der Waals surface area contributed by atoms with Gasteiger partial charge in [-0.05, 0) is 6.07 Å². The molecule has 1 aliphatic heterocycles. The summed E-state index contributed by atoms with van der Waals surface area (Å²) in [6.45, 7) is 1.50. The van der Waals surface area contributed by atoms with Gasteiger partial charge in [0.05, 0.1) is 25.9 Å². The largest absolute Gasteiger partial charge is 0.394 e. The molecule has 0 aliphatic carbocycles.